The number of hydrogen-bond donors (Lipinski definition) is 1. The molecular formula is C27H29N5O3S2. The van der Waals surface area contributed by atoms with Crippen LogP contribution in [-0.2, 0) is 4.79 Å². The van der Waals surface area contributed by atoms with Crippen molar-refractivity contribution in [3.05, 3.63) is 64.2 Å². The van der Waals surface area contributed by atoms with E-state index in [4.69, 9.17) is 9.51 Å². The Morgan fingerprint density at radius 1 is 1.14 bits per heavy atom. The number of aromatic nitrogens is 2. The van der Waals surface area contributed by atoms with Gasteiger partial charge in [0.2, 0.25) is 5.91 Å². The Balaban J connectivity index is 1.32. The van der Waals surface area contributed by atoms with E-state index in [1.165, 1.54) is 22.7 Å². The smallest absolute Gasteiger partial charge is 0.270 e. The number of piperidine rings is 1. The van der Waals surface area contributed by atoms with Gasteiger partial charge in [-0.1, -0.05) is 48.0 Å². The van der Waals surface area contributed by atoms with Crippen molar-refractivity contribution >= 4 is 39.6 Å². The molecule has 0 saturated carbocycles. The van der Waals surface area contributed by atoms with E-state index in [1.54, 1.807) is 11.9 Å². The number of rotatable bonds is 9. The maximum absolute atomic E-state index is 13.4. The fourth-order valence-corrected chi connectivity index (χ4v) is 6.12. The standard InChI is InChI=1S/C27H29N5O3S2/c1-28-25(33)22-11-5-6-13-31(22)14-8-15-32(26(34)24-12-7-16-36-24)27-29-21(18-37-27)23-17-20(30-35-23)19-9-3-2-4-10-19/h2-4,7,9-10,12,16-18,22H,5-6,8,11,13-15H2,1H3,(H,28,33). The highest BCUT2D eigenvalue weighted by atomic mass is 32.1. The summed E-state index contributed by atoms with van der Waals surface area (Å²) in [6, 6.07) is 15.3. The lowest BCUT2D eigenvalue weighted by atomic mass is 10.0. The van der Waals surface area contributed by atoms with Gasteiger partial charge in [0.25, 0.3) is 5.91 Å². The first-order valence-corrected chi connectivity index (χ1v) is 14.2. The number of carbonyl (C=O) groups is 2. The predicted molar refractivity (Wildman–Crippen MR) is 147 cm³/mol. The normalized spacial score (nSPS) is 16.0. The van der Waals surface area contributed by atoms with Crippen molar-refractivity contribution in [1.82, 2.24) is 20.4 Å². The third kappa shape index (κ3) is 5.82. The first-order valence-electron chi connectivity index (χ1n) is 12.4. The van der Waals surface area contributed by atoms with Crippen LogP contribution < -0.4 is 10.2 Å². The van der Waals surface area contributed by atoms with Crippen molar-refractivity contribution in [1.29, 1.82) is 0 Å². The van der Waals surface area contributed by atoms with Gasteiger partial charge in [-0.2, -0.15) is 0 Å². The second-order valence-electron chi connectivity index (χ2n) is 8.91. The molecule has 1 saturated heterocycles. The summed E-state index contributed by atoms with van der Waals surface area (Å²) in [4.78, 5) is 35.2. The number of thiophene rings is 1. The maximum Gasteiger partial charge on any atom is 0.270 e. The van der Waals surface area contributed by atoms with Crippen LogP contribution in [-0.4, -0.2) is 59.6 Å². The molecule has 1 fully saturated rings. The highest BCUT2D eigenvalue weighted by Gasteiger charge is 2.28. The van der Waals surface area contributed by atoms with Crippen LogP contribution in [0, 0.1) is 0 Å². The van der Waals surface area contributed by atoms with Crippen molar-refractivity contribution in [2.45, 2.75) is 31.7 Å². The zero-order chi connectivity index (χ0) is 25.6. The number of nitrogens with one attached hydrogen (secondary N) is 1. The molecular weight excluding hydrogens is 506 g/mol. The van der Waals surface area contributed by atoms with E-state index in [-0.39, 0.29) is 17.9 Å². The minimum Gasteiger partial charge on any atom is -0.358 e. The van der Waals surface area contributed by atoms with Crippen LogP contribution in [0.3, 0.4) is 0 Å². The second kappa shape index (κ2) is 11.8. The van der Waals surface area contributed by atoms with Gasteiger partial charge in [-0.15, -0.1) is 22.7 Å². The fraction of sp³-hybridized carbons (Fsp3) is 0.333. The fourth-order valence-electron chi connectivity index (χ4n) is 4.61. The van der Waals surface area contributed by atoms with Crippen molar-refractivity contribution in [3.8, 4) is 22.7 Å². The lowest BCUT2D eigenvalue weighted by molar-refractivity contribution is -0.127. The first-order chi connectivity index (χ1) is 18.1. The summed E-state index contributed by atoms with van der Waals surface area (Å²) >= 11 is 2.83. The van der Waals surface area contributed by atoms with E-state index in [9.17, 15) is 9.59 Å². The number of thiazole rings is 1. The molecule has 0 radical (unpaired) electrons. The number of likely N-dealkylation sites (N-methyl/N-ethyl adjacent to an activating group) is 1. The number of amides is 2. The van der Waals surface area contributed by atoms with Gasteiger partial charge < -0.3 is 9.84 Å². The molecule has 1 unspecified atom stereocenters. The van der Waals surface area contributed by atoms with Gasteiger partial charge in [0.15, 0.2) is 10.9 Å². The first kappa shape index (κ1) is 25.3. The molecule has 10 heteroatoms. The summed E-state index contributed by atoms with van der Waals surface area (Å²) in [7, 11) is 1.69. The van der Waals surface area contributed by atoms with Crippen LogP contribution in [0.25, 0.3) is 22.7 Å². The number of nitrogens with zero attached hydrogens (tertiary/aromatic N) is 4. The Labute approximate surface area is 223 Å². The Hall–Kier alpha value is -3.34. The Kier molecular flexibility index (Phi) is 8.08. The number of benzene rings is 1. The number of carbonyl (C=O) groups excluding carboxylic acids is 2. The predicted octanol–water partition coefficient (Wildman–Crippen LogP) is 5.16. The largest absolute Gasteiger partial charge is 0.358 e. The topological polar surface area (TPSA) is 91.6 Å². The number of likely N-dealkylation sites (tertiary alicyclic amines) is 1. The highest BCUT2D eigenvalue weighted by molar-refractivity contribution is 7.14. The molecule has 1 N–H and O–H groups in total. The van der Waals surface area contributed by atoms with E-state index in [0.717, 1.165) is 50.0 Å². The number of anilines is 1. The van der Waals surface area contributed by atoms with Crippen LogP contribution >= 0.6 is 22.7 Å². The molecule has 0 bridgehead atoms. The quantitative estimate of drug-likeness (QED) is 0.318. The monoisotopic (exact) mass is 535 g/mol. The van der Waals surface area contributed by atoms with Crippen molar-refractivity contribution in [3.63, 3.8) is 0 Å². The van der Waals surface area contributed by atoms with Gasteiger partial charge in [0.1, 0.15) is 11.4 Å². The zero-order valence-corrected chi connectivity index (χ0v) is 22.3. The molecule has 37 heavy (non-hydrogen) atoms. The molecule has 2 amide bonds. The molecule has 1 atom stereocenters. The minimum absolute atomic E-state index is 0.0673. The minimum atomic E-state index is -0.100. The molecule has 192 valence electrons. The van der Waals surface area contributed by atoms with Gasteiger partial charge in [-0.3, -0.25) is 19.4 Å². The van der Waals surface area contributed by atoms with E-state index in [2.05, 4.69) is 15.4 Å². The summed E-state index contributed by atoms with van der Waals surface area (Å²) in [5.41, 5.74) is 2.36. The molecule has 5 rings (SSSR count). The number of hydrogen-bond acceptors (Lipinski definition) is 8. The summed E-state index contributed by atoms with van der Waals surface area (Å²) in [6.07, 6.45) is 3.76. The molecule has 4 heterocycles. The van der Waals surface area contributed by atoms with E-state index >= 15 is 0 Å². The molecule has 4 aromatic rings. The van der Waals surface area contributed by atoms with Gasteiger partial charge in [-0.05, 0) is 37.3 Å². The molecule has 0 aliphatic carbocycles. The molecule has 1 aliphatic heterocycles. The Morgan fingerprint density at radius 3 is 2.78 bits per heavy atom. The van der Waals surface area contributed by atoms with Crippen LogP contribution in [0.15, 0.2) is 63.8 Å². The SMILES string of the molecule is CNC(=O)C1CCCCN1CCCN(C(=O)c1cccs1)c1nc(-c2cc(-c3ccccc3)no2)cs1. The van der Waals surface area contributed by atoms with E-state index in [1.807, 2.05) is 59.3 Å². The Bertz CT molecular complexity index is 1320. The lowest BCUT2D eigenvalue weighted by Gasteiger charge is -2.34. The zero-order valence-electron chi connectivity index (χ0n) is 20.6. The van der Waals surface area contributed by atoms with E-state index in [0.29, 0.717) is 28.0 Å². The third-order valence-corrected chi connectivity index (χ3v) is 8.24. The molecule has 3 aromatic heterocycles. The van der Waals surface area contributed by atoms with Gasteiger partial charge in [0, 0.05) is 37.1 Å². The van der Waals surface area contributed by atoms with Crippen molar-refractivity contribution < 1.29 is 14.1 Å². The van der Waals surface area contributed by atoms with Crippen LogP contribution in [0.1, 0.15) is 35.4 Å². The molecule has 1 aliphatic rings. The average Bonchev–Trinajstić information content (AvgIpc) is 3.73. The average molecular weight is 536 g/mol. The van der Waals surface area contributed by atoms with Crippen molar-refractivity contribution in [2.24, 2.45) is 0 Å². The third-order valence-electron chi connectivity index (χ3n) is 6.52. The summed E-state index contributed by atoms with van der Waals surface area (Å²) < 4.78 is 5.58. The molecule has 8 nitrogen and oxygen atoms in total. The van der Waals surface area contributed by atoms with Crippen LogP contribution in [0.5, 0.6) is 0 Å². The Morgan fingerprint density at radius 2 is 2.00 bits per heavy atom. The van der Waals surface area contributed by atoms with Crippen LogP contribution in [0.4, 0.5) is 5.13 Å². The van der Waals surface area contributed by atoms with Crippen molar-refractivity contribution in [2.75, 3.05) is 31.6 Å². The highest BCUT2D eigenvalue weighted by Crippen LogP contribution is 2.31. The lowest BCUT2D eigenvalue weighted by Crippen LogP contribution is -2.49. The summed E-state index contributed by atoms with van der Waals surface area (Å²) in [5.74, 6) is 0.560. The van der Waals surface area contributed by atoms with E-state index < -0.39 is 0 Å². The summed E-state index contributed by atoms with van der Waals surface area (Å²) in [5, 5.41) is 11.4. The van der Waals surface area contributed by atoms with Gasteiger partial charge in [0.05, 0.1) is 10.9 Å². The van der Waals surface area contributed by atoms with Gasteiger partial charge in [-0.25, -0.2) is 4.98 Å². The second-order valence-corrected chi connectivity index (χ2v) is 10.7. The molecule has 0 spiro atoms. The summed E-state index contributed by atoms with van der Waals surface area (Å²) in [6.45, 7) is 2.15. The van der Waals surface area contributed by atoms with Gasteiger partial charge >= 0.3 is 0 Å². The molecule has 1 aromatic carbocycles. The van der Waals surface area contributed by atoms with Crippen LogP contribution in [0.2, 0.25) is 0 Å². The maximum atomic E-state index is 13.4.